The first-order valence-electron chi connectivity index (χ1n) is 6.61. The van der Waals surface area contributed by atoms with E-state index in [0.29, 0.717) is 17.4 Å². The molecule has 0 bridgehead atoms. The fourth-order valence-corrected chi connectivity index (χ4v) is 3.53. The number of alkyl halides is 3. The highest BCUT2D eigenvalue weighted by atomic mass is 32.2. The van der Waals surface area contributed by atoms with Crippen LogP contribution in [0.2, 0.25) is 0 Å². The monoisotopic (exact) mass is 335 g/mol. The fourth-order valence-electron chi connectivity index (χ4n) is 2.13. The van der Waals surface area contributed by atoms with Gasteiger partial charge in [-0.15, -0.1) is 0 Å². The minimum absolute atomic E-state index is 0.0371. The molecule has 1 aromatic rings. The van der Waals surface area contributed by atoms with Crippen LogP contribution in [-0.4, -0.2) is 27.5 Å². The Hall–Kier alpha value is -1.02. The van der Waals surface area contributed by atoms with E-state index in [-0.39, 0.29) is 10.8 Å². The van der Waals surface area contributed by atoms with Gasteiger partial charge < -0.3 is 11.1 Å². The van der Waals surface area contributed by atoms with Gasteiger partial charge in [-0.05, 0) is 30.7 Å². The van der Waals surface area contributed by atoms with E-state index in [9.17, 15) is 13.2 Å². The van der Waals surface area contributed by atoms with Crippen molar-refractivity contribution in [3.05, 3.63) is 23.4 Å². The summed E-state index contributed by atoms with van der Waals surface area (Å²) in [5, 5.41) is 3.36. The number of halogens is 3. The molecule has 1 unspecified atom stereocenters. The predicted molar refractivity (Wildman–Crippen MR) is 83.7 cm³/mol. The van der Waals surface area contributed by atoms with Crippen molar-refractivity contribution in [2.75, 3.05) is 17.6 Å². The Morgan fingerprint density at radius 2 is 2.19 bits per heavy atom. The van der Waals surface area contributed by atoms with Gasteiger partial charge in [0.1, 0.15) is 16.5 Å². The molecule has 3 nitrogen and oxygen atoms in total. The van der Waals surface area contributed by atoms with Gasteiger partial charge in [0.05, 0.1) is 5.56 Å². The van der Waals surface area contributed by atoms with Crippen molar-refractivity contribution >= 4 is 34.8 Å². The largest absolute Gasteiger partial charge is 0.433 e. The highest BCUT2D eigenvalue weighted by molar-refractivity contribution is 7.99. The van der Waals surface area contributed by atoms with Gasteiger partial charge in [0, 0.05) is 11.8 Å². The maximum atomic E-state index is 12.7. The van der Waals surface area contributed by atoms with Crippen molar-refractivity contribution in [3.8, 4) is 0 Å². The second-order valence-electron chi connectivity index (χ2n) is 4.82. The first-order chi connectivity index (χ1) is 9.88. The topological polar surface area (TPSA) is 50.9 Å². The molecule has 1 atom stereocenters. The van der Waals surface area contributed by atoms with Crippen LogP contribution in [0.1, 0.15) is 30.5 Å². The average molecular weight is 335 g/mol. The fraction of sp³-hybridized carbons (Fsp3) is 0.538. The zero-order chi connectivity index (χ0) is 15.5. The molecule has 0 spiro atoms. The summed E-state index contributed by atoms with van der Waals surface area (Å²) in [6, 6.07) is 2.17. The number of thioether (sulfide) groups is 1. The van der Waals surface area contributed by atoms with Crippen LogP contribution in [0.5, 0.6) is 0 Å². The summed E-state index contributed by atoms with van der Waals surface area (Å²) < 4.78 is 38.2. The lowest BCUT2D eigenvalue weighted by Crippen LogP contribution is -2.23. The van der Waals surface area contributed by atoms with Gasteiger partial charge in [-0.25, -0.2) is 4.98 Å². The maximum Gasteiger partial charge on any atom is 0.433 e. The molecule has 116 valence electrons. The number of thiocarbonyl (C=S) groups is 1. The minimum Gasteiger partial charge on any atom is -0.389 e. The van der Waals surface area contributed by atoms with Gasteiger partial charge in [-0.1, -0.05) is 18.6 Å². The van der Waals surface area contributed by atoms with Crippen LogP contribution in [0.4, 0.5) is 19.0 Å². The predicted octanol–water partition coefficient (Wildman–Crippen LogP) is 3.43. The number of anilines is 1. The lowest BCUT2D eigenvalue weighted by atomic mass is 10.2. The van der Waals surface area contributed by atoms with Crippen LogP contribution < -0.4 is 11.1 Å². The molecule has 0 radical (unpaired) electrons. The van der Waals surface area contributed by atoms with E-state index in [1.807, 2.05) is 11.8 Å². The Morgan fingerprint density at radius 1 is 1.43 bits per heavy atom. The Bertz CT molecular complexity index is 514. The standard InChI is InChI=1S/C13H16F3N3S2/c14-13(15,16)10-5-4-9(11(17)20)12(19-10)18-7-8-3-1-2-6-21-8/h4-5,8H,1-3,6-7H2,(H2,17,20)(H,18,19). The average Bonchev–Trinajstić information content (AvgIpc) is 2.45. The molecule has 21 heavy (non-hydrogen) atoms. The molecule has 0 aliphatic carbocycles. The molecule has 1 aliphatic rings. The van der Waals surface area contributed by atoms with Gasteiger partial charge in [0.2, 0.25) is 0 Å². The highest BCUT2D eigenvalue weighted by Crippen LogP contribution is 2.30. The molecule has 1 aromatic heterocycles. The van der Waals surface area contributed by atoms with Crippen molar-refractivity contribution in [3.63, 3.8) is 0 Å². The third-order valence-electron chi connectivity index (χ3n) is 3.22. The van der Waals surface area contributed by atoms with E-state index in [1.54, 1.807) is 0 Å². The Morgan fingerprint density at radius 3 is 2.76 bits per heavy atom. The van der Waals surface area contributed by atoms with E-state index < -0.39 is 11.9 Å². The smallest absolute Gasteiger partial charge is 0.389 e. The Balaban J connectivity index is 2.16. The third-order valence-corrected chi connectivity index (χ3v) is 4.84. The summed E-state index contributed by atoms with van der Waals surface area (Å²) in [5.74, 6) is 1.20. The summed E-state index contributed by atoms with van der Waals surface area (Å²) in [6.07, 6.45) is -1.08. The Kier molecular flexibility index (Phi) is 5.32. The van der Waals surface area contributed by atoms with E-state index in [1.165, 1.54) is 12.5 Å². The zero-order valence-corrected chi connectivity index (χ0v) is 12.9. The van der Waals surface area contributed by atoms with Crippen molar-refractivity contribution < 1.29 is 13.2 Å². The van der Waals surface area contributed by atoms with Crippen LogP contribution in [0.25, 0.3) is 0 Å². The first-order valence-corrected chi connectivity index (χ1v) is 8.07. The lowest BCUT2D eigenvalue weighted by molar-refractivity contribution is -0.141. The SMILES string of the molecule is NC(=S)c1ccc(C(F)(F)F)nc1NCC1CCCCS1. The molecular weight excluding hydrogens is 319 g/mol. The number of pyridine rings is 1. The quantitative estimate of drug-likeness (QED) is 0.826. The summed E-state index contributed by atoms with van der Waals surface area (Å²) >= 11 is 6.70. The van der Waals surface area contributed by atoms with Crippen LogP contribution in [0.15, 0.2) is 12.1 Å². The van der Waals surface area contributed by atoms with Gasteiger partial charge in [0.25, 0.3) is 0 Å². The second kappa shape index (κ2) is 6.83. The number of nitrogens with zero attached hydrogens (tertiary/aromatic N) is 1. The zero-order valence-electron chi connectivity index (χ0n) is 11.2. The number of nitrogens with two attached hydrogens (primary N) is 1. The molecule has 1 saturated heterocycles. The van der Waals surface area contributed by atoms with E-state index in [2.05, 4.69) is 10.3 Å². The van der Waals surface area contributed by atoms with Crippen molar-refractivity contribution in [2.24, 2.45) is 5.73 Å². The van der Waals surface area contributed by atoms with E-state index >= 15 is 0 Å². The number of hydrogen-bond donors (Lipinski definition) is 2. The number of aromatic nitrogens is 1. The van der Waals surface area contributed by atoms with Crippen molar-refractivity contribution in [2.45, 2.75) is 30.7 Å². The molecule has 1 aliphatic heterocycles. The minimum atomic E-state index is -4.48. The number of rotatable bonds is 4. The molecule has 8 heteroatoms. The van der Waals surface area contributed by atoms with Crippen molar-refractivity contribution in [1.29, 1.82) is 0 Å². The Labute approximate surface area is 130 Å². The summed E-state index contributed by atoms with van der Waals surface area (Å²) in [7, 11) is 0. The molecule has 3 N–H and O–H groups in total. The van der Waals surface area contributed by atoms with Crippen LogP contribution >= 0.6 is 24.0 Å². The van der Waals surface area contributed by atoms with Gasteiger partial charge in [-0.2, -0.15) is 24.9 Å². The van der Waals surface area contributed by atoms with Crippen LogP contribution in [-0.2, 0) is 6.18 Å². The van der Waals surface area contributed by atoms with Gasteiger partial charge in [-0.3, -0.25) is 0 Å². The lowest BCUT2D eigenvalue weighted by Gasteiger charge is -2.22. The molecular formula is C13H16F3N3S2. The van der Waals surface area contributed by atoms with Gasteiger partial charge >= 0.3 is 6.18 Å². The van der Waals surface area contributed by atoms with E-state index in [0.717, 1.165) is 24.7 Å². The van der Waals surface area contributed by atoms with Crippen molar-refractivity contribution in [1.82, 2.24) is 4.98 Å². The molecule has 2 rings (SSSR count). The number of nitrogens with one attached hydrogen (secondary N) is 1. The molecule has 0 amide bonds. The first kappa shape index (κ1) is 16.4. The molecule has 0 saturated carbocycles. The van der Waals surface area contributed by atoms with Crippen LogP contribution in [0, 0.1) is 0 Å². The van der Waals surface area contributed by atoms with E-state index in [4.69, 9.17) is 18.0 Å². The summed E-state index contributed by atoms with van der Waals surface area (Å²) in [4.78, 5) is 3.67. The molecule has 2 heterocycles. The third kappa shape index (κ3) is 4.47. The maximum absolute atomic E-state index is 12.7. The molecule has 1 fully saturated rings. The number of hydrogen-bond acceptors (Lipinski definition) is 4. The van der Waals surface area contributed by atoms with Gasteiger partial charge in [0.15, 0.2) is 0 Å². The normalized spacial score (nSPS) is 19.3. The highest BCUT2D eigenvalue weighted by Gasteiger charge is 2.33. The van der Waals surface area contributed by atoms with Crippen LogP contribution in [0.3, 0.4) is 0 Å². The second-order valence-corrected chi connectivity index (χ2v) is 6.67. The molecule has 0 aromatic carbocycles. The summed E-state index contributed by atoms with van der Waals surface area (Å²) in [6.45, 7) is 0.564. The summed E-state index contributed by atoms with van der Waals surface area (Å²) in [5.41, 5.74) is 4.95.